The van der Waals surface area contributed by atoms with Gasteiger partial charge in [0.25, 0.3) is 5.91 Å². The third kappa shape index (κ3) is 5.53. The highest BCUT2D eigenvalue weighted by Crippen LogP contribution is 2.21. The fraction of sp³-hybridized carbons (Fsp3) is 0.458. The Labute approximate surface area is 183 Å². The van der Waals surface area contributed by atoms with E-state index in [1.54, 1.807) is 18.2 Å². The molecule has 1 unspecified atom stereocenters. The molecule has 2 aliphatic rings. The van der Waals surface area contributed by atoms with Gasteiger partial charge in [0.15, 0.2) is 6.61 Å². The first-order valence-corrected chi connectivity index (χ1v) is 11.0. The van der Waals surface area contributed by atoms with Crippen LogP contribution in [0.15, 0.2) is 48.7 Å². The van der Waals surface area contributed by atoms with Gasteiger partial charge in [0.05, 0.1) is 5.56 Å². The van der Waals surface area contributed by atoms with Crippen molar-refractivity contribution >= 4 is 11.7 Å². The van der Waals surface area contributed by atoms with Crippen LogP contribution in [0.25, 0.3) is 0 Å². The molecule has 0 radical (unpaired) electrons. The minimum atomic E-state index is -0.0197. The molecule has 1 amide bonds. The lowest BCUT2D eigenvalue weighted by Gasteiger charge is -2.39. The Morgan fingerprint density at radius 1 is 1.10 bits per heavy atom. The lowest BCUT2D eigenvalue weighted by atomic mass is 9.97. The number of para-hydroxylation sites is 1. The number of hydrogen-bond donors (Lipinski definition) is 0. The van der Waals surface area contributed by atoms with Crippen LogP contribution in [-0.2, 0) is 4.79 Å². The number of carbonyl (C=O) groups is 1. The van der Waals surface area contributed by atoms with Crippen molar-refractivity contribution in [3.63, 3.8) is 0 Å². The summed E-state index contributed by atoms with van der Waals surface area (Å²) in [4.78, 5) is 23.9. The molecule has 2 saturated heterocycles. The van der Waals surface area contributed by atoms with Gasteiger partial charge in [-0.1, -0.05) is 18.2 Å². The number of piperidine rings is 1. The van der Waals surface area contributed by atoms with E-state index in [2.05, 4.69) is 26.9 Å². The molecule has 7 heteroatoms. The number of hydrogen-bond acceptors (Lipinski definition) is 6. The molecule has 0 bridgehead atoms. The average molecular weight is 420 g/mol. The van der Waals surface area contributed by atoms with Gasteiger partial charge in [0, 0.05) is 52.0 Å². The van der Waals surface area contributed by atoms with Crippen LogP contribution in [0.1, 0.15) is 18.4 Å². The molecule has 0 N–H and O–H groups in total. The quantitative estimate of drug-likeness (QED) is 0.716. The number of carbonyl (C=O) groups excluding carboxylic acids is 1. The maximum Gasteiger partial charge on any atom is 0.260 e. The average Bonchev–Trinajstić information content (AvgIpc) is 2.84. The van der Waals surface area contributed by atoms with Crippen LogP contribution in [0, 0.1) is 17.2 Å². The van der Waals surface area contributed by atoms with Crippen LogP contribution in [0.2, 0.25) is 0 Å². The summed E-state index contributed by atoms with van der Waals surface area (Å²) in [6.45, 7) is 6.59. The summed E-state index contributed by atoms with van der Waals surface area (Å²) in [5.41, 5.74) is 0.455. The first-order valence-electron chi connectivity index (χ1n) is 11.0. The lowest BCUT2D eigenvalue weighted by molar-refractivity contribution is -0.135. The number of likely N-dealkylation sites (tertiary alicyclic amines) is 1. The number of benzene rings is 1. The zero-order chi connectivity index (χ0) is 21.5. The normalized spacial score (nSPS) is 19.6. The van der Waals surface area contributed by atoms with Gasteiger partial charge in [-0.25, -0.2) is 4.98 Å². The summed E-state index contributed by atoms with van der Waals surface area (Å²) in [6, 6.07) is 15.2. The molecule has 0 aliphatic carbocycles. The van der Waals surface area contributed by atoms with Crippen molar-refractivity contribution in [3.05, 3.63) is 54.2 Å². The van der Waals surface area contributed by atoms with E-state index >= 15 is 0 Å². The number of piperazine rings is 1. The van der Waals surface area contributed by atoms with E-state index in [9.17, 15) is 4.79 Å². The van der Waals surface area contributed by atoms with Crippen molar-refractivity contribution in [3.8, 4) is 11.8 Å². The molecule has 1 atom stereocenters. The molecular weight excluding hydrogens is 390 g/mol. The Morgan fingerprint density at radius 3 is 2.68 bits per heavy atom. The van der Waals surface area contributed by atoms with E-state index in [1.807, 2.05) is 29.3 Å². The fourth-order valence-electron chi connectivity index (χ4n) is 4.42. The fourth-order valence-corrected chi connectivity index (χ4v) is 4.42. The SMILES string of the molecule is N#Cc1ccccc1OCC(=O)N1CCCC(CN2CCN(c3ccccn3)CC2)C1. The molecule has 3 heterocycles. The molecule has 7 nitrogen and oxygen atoms in total. The van der Waals surface area contributed by atoms with Crippen LogP contribution in [0.3, 0.4) is 0 Å². The standard InChI is InChI=1S/C24H29N5O2/c25-16-21-7-1-2-8-22(21)31-19-24(30)29-11-5-6-20(18-29)17-27-12-14-28(15-13-27)23-9-3-4-10-26-23/h1-4,7-10,20H,5-6,11-15,17-19H2. The van der Waals surface area contributed by atoms with E-state index in [0.717, 1.165) is 64.5 Å². The van der Waals surface area contributed by atoms with E-state index in [1.165, 1.54) is 0 Å². The van der Waals surface area contributed by atoms with Crippen LogP contribution in [0.5, 0.6) is 5.75 Å². The Balaban J connectivity index is 1.23. The maximum absolute atomic E-state index is 12.7. The van der Waals surface area contributed by atoms with Crippen molar-refractivity contribution in [2.24, 2.45) is 5.92 Å². The summed E-state index contributed by atoms with van der Waals surface area (Å²) in [5.74, 6) is 2.01. The largest absolute Gasteiger partial charge is 0.482 e. The third-order valence-electron chi connectivity index (χ3n) is 6.09. The topological polar surface area (TPSA) is 72.7 Å². The minimum absolute atomic E-state index is 0.00239. The van der Waals surface area contributed by atoms with Crippen molar-refractivity contribution in [2.75, 3.05) is 57.3 Å². The number of amides is 1. The van der Waals surface area contributed by atoms with Crippen molar-refractivity contribution < 1.29 is 9.53 Å². The molecule has 162 valence electrons. The Hall–Kier alpha value is -3.11. The number of ether oxygens (including phenoxy) is 1. The van der Waals surface area contributed by atoms with E-state index in [-0.39, 0.29) is 12.5 Å². The van der Waals surface area contributed by atoms with Gasteiger partial charge in [0.2, 0.25) is 0 Å². The molecule has 1 aromatic carbocycles. The van der Waals surface area contributed by atoms with Gasteiger partial charge in [0.1, 0.15) is 17.6 Å². The molecule has 2 fully saturated rings. The highest BCUT2D eigenvalue weighted by Gasteiger charge is 2.27. The van der Waals surface area contributed by atoms with E-state index in [4.69, 9.17) is 10.00 Å². The molecule has 31 heavy (non-hydrogen) atoms. The number of aromatic nitrogens is 1. The first kappa shape index (κ1) is 21.1. The second kappa shape index (κ2) is 10.3. The predicted octanol–water partition coefficient (Wildman–Crippen LogP) is 2.39. The second-order valence-electron chi connectivity index (χ2n) is 8.22. The molecular formula is C24H29N5O2. The number of rotatable bonds is 6. The first-order chi connectivity index (χ1) is 15.2. The highest BCUT2D eigenvalue weighted by atomic mass is 16.5. The van der Waals surface area contributed by atoms with Crippen molar-refractivity contribution in [2.45, 2.75) is 12.8 Å². The lowest BCUT2D eigenvalue weighted by Crippen LogP contribution is -2.50. The number of pyridine rings is 1. The number of nitriles is 1. The number of anilines is 1. The van der Waals surface area contributed by atoms with Crippen LogP contribution in [0.4, 0.5) is 5.82 Å². The van der Waals surface area contributed by atoms with Crippen molar-refractivity contribution in [1.82, 2.24) is 14.8 Å². The molecule has 4 rings (SSSR count). The monoisotopic (exact) mass is 419 g/mol. The molecule has 0 spiro atoms. The smallest absolute Gasteiger partial charge is 0.260 e. The van der Waals surface area contributed by atoms with E-state index < -0.39 is 0 Å². The van der Waals surface area contributed by atoms with Gasteiger partial charge >= 0.3 is 0 Å². The second-order valence-corrected chi connectivity index (χ2v) is 8.22. The minimum Gasteiger partial charge on any atom is -0.482 e. The zero-order valence-electron chi connectivity index (χ0n) is 17.8. The van der Waals surface area contributed by atoms with Gasteiger partial charge in [-0.2, -0.15) is 5.26 Å². The third-order valence-corrected chi connectivity index (χ3v) is 6.09. The molecule has 2 aliphatic heterocycles. The Kier molecular flexibility index (Phi) is 7.00. The summed E-state index contributed by atoms with van der Waals surface area (Å²) in [5, 5.41) is 9.17. The van der Waals surface area contributed by atoms with Gasteiger partial charge < -0.3 is 14.5 Å². The Bertz CT molecular complexity index is 906. The van der Waals surface area contributed by atoms with Gasteiger partial charge in [-0.05, 0) is 43.0 Å². The summed E-state index contributed by atoms with van der Waals surface area (Å²) >= 11 is 0. The van der Waals surface area contributed by atoms with Crippen LogP contribution in [-0.4, -0.2) is 73.1 Å². The predicted molar refractivity (Wildman–Crippen MR) is 119 cm³/mol. The van der Waals surface area contributed by atoms with Gasteiger partial charge in [-0.15, -0.1) is 0 Å². The molecule has 2 aromatic rings. The highest BCUT2D eigenvalue weighted by molar-refractivity contribution is 5.78. The van der Waals surface area contributed by atoms with Gasteiger partial charge in [-0.3, -0.25) is 9.69 Å². The summed E-state index contributed by atoms with van der Waals surface area (Å²) in [6.07, 6.45) is 4.03. The maximum atomic E-state index is 12.7. The van der Waals surface area contributed by atoms with Crippen LogP contribution >= 0.6 is 0 Å². The number of nitrogens with zero attached hydrogens (tertiary/aromatic N) is 5. The molecule has 1 aromatic heterocycles. The van der Waals surface area contributed by atoms with Crippen LogP contribution < -0.4 is 9.64 Å². The molecule has 0 saturated carbocycles. The van der Waals surface area contributed by atoms with E-state index in [0.29, 0.717) is 17.2 Å². The zero-order valence-corrected chi connectivity index (χ0v) is 17.8. The summed E-state index contributed by atoms with van der Waals surface area (Å²) < 4.78 is 5.65. The summed E-state index contributed by atoms with van der Waals surface area (Å²) in [7, 11) is 0. The van der Waals surface area contributed by atoms with Crippen molar-refractivity contribution in [1.29, 1.82) is 5.26 Å². The Morgan fingerprint density at radius 2 is 1.90 bits per heavy atom.